The molecule has 1 rings (SSSR count). The molecule has 0 bridgehead atoms. The lowest BCUT2D eigenvalue weighted by atomic mass is 9.98. The highest BCUT2D eigenvalue weighted by Gasteiger charge is 2.22. The molecule has 0 unspecified atom stereocenters. The summed E-state index contributed by atoms with van der Waals surface area (Å²) in [6.45, 7) is 9.58. The Morgan fingerprint density at radius 1 is 1.17 bits per heavy atom. The first kappa shape index (κ1) is 19.0. The average molecular weight is 321 g/mol. The Bertz CT molecular complexity index is 529. The molecule has 0 radical (unpaired) electrons. The maximum Gasteiger partial charge on any atom is 0.408 e. The highest BCUT2D eigenvalue weighted by Crippen LogP contribution is 2.20. The summed E-state index contributed by atoms with van der Waals surface area (Å²) in [5, 5.41) is 11.7. The predicted molar refractivity (Wildman–Crippen MR) is 89.3 cm³/mol. The number of hydrogen-bond donors (Lipinski definition) is 2. The molecule has 1 atom stereocenters. The molecule has 0 spiro atoms. The summed E-state index contributed by atoms with van der Waals surface area (Å²) in [5.74, 6) is -0.423. The van der Waals surface area contributed by atoms with Crippen molar-refractivity contribution in [2.24, 2.45) is 5.92 Å². The van der Waals surface area contributed by atoms with Crippen molar-refractivity contribution in [1.82, 2.24) is 5.32 Å². The Kier molecular flexibility index (Phi) is 6.61. The fourth-order valence-corrected chi connectivity index (χ4v) is 2.23. The van der Waals surface area contributed by atoms with Crippen LogP contribution in [0, 0.1) is 5.92 Å². The molecule has 0 heterocycles. The van der Waals surface area contributed by atoms with Gasteiger partial charge in [0.05, 0.1) is 12.5 Å². The van der Waals surface area contributed by atoms with Gasteiger partial charge in [-0.2, -0.15) is 0 Å². The maximum atomic E-state index is 11.9. The molecule has 0 aliphatic heterocycles. The Hall–Kier alpha value is -2.04. The van der Waals surface area contributed by atoms with Gasteiger partial charge in [0.2, 0.25) is 0 Å². The number of carboxylic acids is 1. The van der Waals surface area contributed by atoms with Gasteiger partial charge < -0.3 is 15.2 Å². The number of hydrogen-bond acceptors (Lipinski definition) is 3. The smallest absolute Gasteiger partial charge is 0.408 e. The number of carbonyl (C=O) groups excluding carboxylic acids is 1. The molecule has 0 aromatic heterocycles. The standard InChI is InChI=1S/C18H27NO4/c1-12(2)10-13-6-8-14(9-7-13)15(11-16(20)21)19-17(22)23-18(3,4)5/h6-9,12,15H,10-11H2,1-5H3,(H,19,22)(H,20,21)/t15-/m1/s1. The topological polar surface area (TPSA) is 75.6 Å². The van der Waals surface area contributed by atoms with Crippen molar-refractivity contribution in [2.45, 2.75) is 59.1 Å². The number of carbonyl (C=O) groups is 2. The van der Waals surface area contributed by atoms with E-state index in [0.717, 1.165) is 12.0 Å². The zero-order chi connectivity index (χ0) is 17.6. The third kappa shape index (κ3) is 7.68. The summed E-state index contributed by atoms with van der Waals surface area (Å²) in [4.78, 5) is 23.0. The molecular weight excluding hydrogens is 294 g/mol. The summed E-state index contributed by atoms with van der Waals surface area (Å²) in [6, 6.07) is 7.06. The summed E-state index contributed by atoms with van der Waals surface area (Å²) >= 11 is 0. The van der Waals surface area contributed by atoms with Gasteiger partial charge in [0, 0.05) is 0 Å². The first-order valence-corrected chi connectivity index (χ1v) is 7.87. The van der Waals surface area contributed by atoms with Crippen LogP contribution in [0.2, 0.25) is 0 Å². The molecule has 1 aromatic rings. The molecule has 0 saturated heterocycles. The average Bonchev–Trinajstić information content (AvgIpc) is 2.35. The number of nitrogens with one attached hydrogen (secondary N) is 1. The van der Waals surface area contributed by atoms with Gasteiger partial charge in [-0.15, -0.1) is 0 Å². The number of rotatable bonds is 6. The second-order valence-corrected chi connectivity index (χ2v) is 7.14. The molecule has 23 heavy (non-hydrogen) atoms. The van der Waals surface area contributed by atoms with Crippen molar-refractivity contribution < 1.29 is 19.4 Å². The minimum Gasteiger partial charge on any atom is -0.481 e. The van der Waals surface area contributed by atoms with Crippen molar-refractivity contribution in [3.63, 3.8) is 0 Å². The molecule has 2 N–H and O–H groups in total. The Morgan fingerprint density at radius 3 is 2.17 bits per heavy atom. The normalized spacial score (nSPS) is 12.8. The summed E-state index contributed by atoms with van der Waals surface area (Å²) < 4.78 is 5.20. The fourth-order valence-electron chi connectivity index (χ4n) is 2.23. The van der Waals surface area contributed by atoms with E-state index in [4.69, 9.17) is 9.84 Å². The van der Waals surface area contributed by atoms with E-state index >= 15 is 0 Å². The van der Waals surface area contributed by atoms with Gasteiger partial charge >= 0.3 is 12.1 Å². The van der Waals surface area contributed by atoms with E-state index in [-0.39, 0.29) is 6.42 Å². The quantitative estimate of drug-likeness (QED) is 0.832. The Labute approximate surface area is 138 Å². The van der Waals surface area contributed by atoms with Gasteiger partial charge in [-0.25, -0.2) is 4.79 Å². The Balaban J connectivity index is 2.85. The van der Waals surface area contributed by atoms with E-state index in [1.807, 2.05) is 24.3 Å². The zero-order valence-corrected chi connectivity index (χ0v) is 14.6. The molecule has 128 valence electrons. The second kappa shape index (κ2) is 7.99. The number of ether oxygens (including phenoxy) is 1. The highest BCUT2D eigenvalue weighted by molar-refractivity contribution is 5.72. The van der Waals surface area contributed by atoms with Crippen LogP contribution in [-0.4, -0.2) is 22.8 Å². The number of amides is 1. The maximum absolute atomic E-state index is 11.9. The van der Waals surface area contributed by atoms with E-state index < -0.39 is 23.7 Å². The van der Waals surface area contributed by atoms with E-state index in [0.29, 0.717) is 5.92 Å². The van der Waals surface area contributed by atoms with E-state index in [2.05, 4.69) is 19.2 Å². The molecule has 0 fully saturated rings. The van der Waals surface area contributed by atoms with Gasteiger partial charge in [0.1, 0.15) is 5.60 Å². The van der Waals surface area contributed by atoms with Crippen molar-refractivity contribution in [3.05, 3.63) is 35.4 Å². The molecule has 1 amide bonds. The van der Waals surface area contributed by atoms with Crippen molar-refractivity contribution in [1.29, 1.82) is 0 Å². The lowest BCUT2D eigenvalue weighted by Crippen LogP contribution is -2.35. The van der Waals surface area contributed by atoms with Gasteiger partial charge in [-0.3, -0.25) is 4.79 Å². The van der Waals surface area contributed by atoms with Crippen LogP contribution in [0.5, 0.6) is 0 Å². The van der Waals surface area contributed by atoms with Crippen LogP contribution >= 0.6 is 0 Å². The highest BCUT2D eigenvalue weighted by atomic mass is 16.6. The van der Waals surface area contributed by atoms with Crippen LogP contribution < -0.4 is 5.32 Å². The van der Waals surface area contributed by atoms with Gasteiger partial charge in [-0.05, 0) is 44.2 Å². The van der Waals surface area contributed by atoms with E-state index in [9.17, 15) is 9.59 Å². The zero-order valence-electron chi connectivity index (χ0n) is 14.6. The van der Waals surface area contributed by atoms with Crippen molar-refractivity contribution in [3.8, 4) is 0 Å². The van der Waals surface area contributed by atoms with Crippen LogP contribution in [0.15, 0.2) is 24.3 Å². The van der Waals surface area contributed by atoms with Crippen LogP contribution in [-0.2, 0) is 16.0 Å². The predicted octanol–water partition coefficient (Wildman–Crippen LogP) is 3.93. The number of alkyl carbamates (subject to hydrolysis) is 1. The van der Waals surface area contributed by atoms with Gasteiger partial charge in [0.15, 0.2) is 0 Å². The minimum absolute atomic E-state index is 0.192. The largest absolute Gasteiger partial charge is 0.481 e. The third-order valence-electron chi connectivity index (χ3n) is 3.10. The Morgan fingerprint density at radius 2 is 1.74 bits per heavy atom. The summed E-state index contributed by atoms with van der Waals surface area (Å²) in [7, 11) is 0. The van der Waals surface area contributed by atoms with E-state index in [1.165, 1.54) is 5.56 Å². The molecule has 1 aromatic carbocycles. The fraction of sp³-hybridized carbons (Fsp3) is 0.556. The lowest BCUT2D eigenvalue weighted by Gasteiger charge is -2.23. The molecule has 0 aliphatic carbocycles. The van der Waals surface area contributed by atoms with Crippen molar-refractivity contribution in [2.75, 3.05) is 0 Å². The number of aliphatic carboxylic acids is 1. The number of carboxylic acid groups (broad SMARTS) is 1. The van der Waals surface area contributed by atoms with Crippen LogP contribution in [0.1, 0.15) is 58.2 Å². The van der Waals surface area contributed by atoms with Crippen molar-refractivity contribution >= 4 is 12.1 Å². The SMILES string of the molecule is CC(C)Cc1ccc([C@@H](CC(=O)O)NC(=O)OC(C)(C)C)cc1. The summed E-state index contributed by atoms with van der Waals surface area (Å²) in [5.41, 5.74) is 1.32. The molecule has 0 aliphatic rings. The van der Waals surface area contributed by atoms with Gasteiger partial charge in [0.25, 0.3) is 0 Å². The first-order valence-electron chi connectivity index (χ1n) is 7.87. The van der Waals surface area contributed by atoms with E-state index in [1.54, 1.807) is 20.8 Å². The molecule has 5 nitrogen and oxygen atoms in total. The third-order valence-corrected chi connectivity index (χ3v) is 3.10. The van der Waals surface area contributed by atoms with Crippen LogP contribution in [0.4, 0.5) is 4.79 Å². The molecule has 5 heteroatoms. The first-order chi connectivity index (χ1) is 10.6. The van der Waals surface area contributed by atoms with Crippen LogP contribution in [0.25, 0.3) is 0 Å². The lowest BCUT2D eigenvalue weighted by molar-refractivity contribution is -0.137. The van der Waals surface area contributed by atoms with Gasteiger partial charge in [-0.1, -0.05) is 38.1 Å². The summed E-state index contributed by atoms with van der Waals surface area (Å²) in [6.07, 6.45) is 0.154. The van der Waals surface area contributed by atoms with Crippen LogP contribution in [0.3, 0.4) is 0 Å². The molecule has 0 saturated carbocycles. The number of benzene rings is 1. The minimum atomic E-state index is -0.975. The monoisotopic (exact) mass is 321 g/mol. The second-order valence-electron chi connectivity index (χ2n) is 7.14. The molecular formula is C18H27NO4.